The smallest absolute Gasteiger partial charge is 0.336 e. The predicted octanol–water partition coefficient (Wildman–Crippen LogP) is 2.81. The molecule has 8 nitrogen and oxygen atoms in total. The SMILES string of the molecule is CCN(CC)C1=C(C#N)C(c2ccccc2[N+](=O)[O-])C(C(=O)OC)=C(C)N1. The number of nitrogens with zero attached hydrogens (tertiary/aromatic N) is 3. The Morgan fingerprint density at radius 3 is 2.52 bits per heavy atom. The molecule has 0 radical (unpaired) electrons. The maximum absolute atomic E-state index is 12.5. The number of nitrogens with one attached hydrogen (secondary N) is 1. The van der Waals surface area contributed by atoms with Gasteiger partial charge in [-0.2, -0.15) is 5.26 Å². The average Bonchev–Trinajstić information content (AvgIpc) is 2.67. The largest absolute Gasteiger partial charge is 0.466 e. The Balaban J connectivity index is 2.83. The first kappa shape index (κ1) is 20.0. The van der Waals surface area contributed by atoms with Crippen LogP contribution in [0.5, 0.6) is 0 Å². The van der Waals surface area contributed by atoms with Gasteiger partial charge < -0.3 is 15.0 Å². The molecule has 1 aromatic carbocycles. The number of nitro groups is 1. The maximum Gasteiger partial charge on any atom is 0.336 e. The molecule has 0 aromatic heterocycles. The number of rotatable bonds is 6. The molecule has 142 valence electrons. The molecule has 1 N–H and O–H groups in total. The highest BCUT2D eigenvalue weighted by Crippen LogP contribution is 2.42. The van der Waals surface area contributed by atoms with E-state index >= 15 is 0 Å². The summed E-state index contributed by atoms with van der Waals surface area (Å²) in [5.74, 6) is -0.966. The molecule has 0 spiro atoms. The third-order valence-corrected chi connectivity index (χ3v) is 4.59. The number of nitriles is 1. The summed E-state index contributed by atoms with van der Waals surface area (Å²) >= 11 is 0. The average molecular weight is 370 g/mol. The van der Waals surface area contributed by atoms with Gasteiger partial charge in [0.25, 0.3) is 5.69 Å². The zero-order valence-corrected chi connectivity index (χ0v) is 15.8. The van der Waals surface area contributed by atoms with Crippen LogP contribution in [0.4, 0.5) is 5.69 Å². The predicted molar refractivity (Wildman–Crippen MR) is 99.2 cm³/mol. The van der Waals surface area contributed by atoms with Crippen LogP contribution in [-0.2, 0) is 9.53 Å². The first-order valence-corrected chi connectivity index (χ1v) is 8.59. The Hall–Kier alpha value is -3.34. The van der Waals surface area contributed by atoms with Crippen LogP contribution in [0.2, 0.25) is 0 Å². The number of carbonyl (C=O) groups is 1. The van der Waals surface area contributed by atoms with E-state index in [-0.39, 0.29) is 22.4 Å². The molecule has 1 aliphatic heterocycles. The van der Waals surface area contributed by atoms with Gasteiger partial charge in [-0.3, -0.25) is 10.1 Å². The number of methoxy groups -OCH3 is 1. The first-order valence-electron chi connectivity index (χ1n) is 8.59. The molecule has 0 amide bonds. The van der Waals surface area contributed by atoms with Crippen LogP contribution >= 0.6 is 0 Å². The van der Waals surface area contributed by atoms with Crippen molar-refractivity contribution in [1.82, 2.24) is 10.2 Å². The molecular formula is C19H22N4O4. The van der Waals surface area contributed by atoms with Crippen molar-refractivity contribution in [2.75, 3.05) is 20.2 Å². The normalized spacial score (nSPS) is 16.5. The Morgan fingerprint density at radius 1 is 1.37 bits per heavy atom. The number of benzene rings is 1. The van der Waals surface area contributed by atoms with E-state index in [1.54, 1.807) is 25.1 Å². The van der Waals surface area contributed by atoms with Crippen LogP contribution in [0.25, 0.3) is 0 Å². The van der Waals surface area contributed by atoms with Crippen LogP contribution in [0, 0.1) is 21.4 Å². The lowest BCUT2D eigenvalue weighted by atomic mass is 9.81. The summed E-state index contributed by atoms with van der Waals surface area (Å²) in [5.41, 5.74) is 1.08. The molecule has 27 heavy (non-hydrogen) atoms. The Kier molecular flexibility index (Phi) is 6.19. The minimum absolute atomic E-state index is 0.148. The number of esters is 1. The number of hydrogen-bond donors (Lipinski definition) is 1. The summed E-state index contributed by atoms with van der Waals surface area (Å²) < 4.78 is 4.90. The Morgan fingerprint density at radius 2 is 2.00 bits per heavy atom. The number of ether oxygens (including phenoxy) is 1. The highest BCUT2D eigenvalue weighted by molar-refractivity contribution is 5.93. The van der Waals surface area contributed by atoms with Crippen molar-refractivity contribution >= 4 is 11.7 Å². The zero-order valence-electron chi connectivity index (χ0n) is 15.8. The third kappa shape index (κ3) is 3.62. The third-order valence-electron chi connectivity index (χ3n) is 4.59. The number of hydrogen-bond acceptors (Lipinski definition) is 7. The summed E-state index contributed by atoms with van der Waals surface area (Å²) in [6.45, 7) is 6.86. The van der Waals surface area contributed by atoms with Gasteiger partial charge in [-0.1, -0.05) is 18.2 Å². The molecule has 1 atom stereocenters. The molecule has 0 aliphatic carbocycles. The number of dihydropyridines is 1. The van der Waals surface area contributed by atoms with Crippen molar-refractivity contribution in [3.8, 4) is 6.07 Å². The van der Waals surface area contributed by atoms with E-state index in [2.05, 4.69) is 11.4 Å². The lowest BCUT2D eigenvalue weighted by molar-refractivity contribution is -0.385. The second-order valence-electron chi connectivity index (χ2n) is 5.95. The molecule has 0 saturated carbocycles. The summed E-state index contributed by atoms with van der Waals surface area (Å²) in [7, 11) is 1.24. The number of nitro benzene ring substituents is 1. The second-order valence-corrected chi connectivity index (χ2v) is 5.95. The maximum atomic E-state index is 12.5. The summed E-state index contributed by atoms with van der Waals surface area (Å²) in [4.78, 5) is 25.5. The Bertz CT molecular complexity index is 863. The Labute approximate surface area is 157 Å². The molecule has 1 aliphatic rings. The van der Waals surface area contributed by atoms with Gasteiger partial charge in [-0.15, -0.1) is 0 Å². The van der Waals surface area contributed by atoms with E-state index in [9.17, 15) is 20.2 Å². The molecule has 1 heterocycles. The fourth-order valence-electron chi connectivity index (χ4n) is 3.31. The second kappa shape index (κ2) is 8.36. The van der Waals surface area contributed by atoms with E-state index in [0.717, 1.165) is 0 Å². The zero-order chi connectivity index (χ0) is 20.1. The molecule has 0 fully saturated rings. The summed E-state index contributed by atoms with van der Waals surface area (Å²) in [6.07, 6.45) is 0. The first-order chi connectivity index (χ1) is 12.9. The van der Waals surface area contributed by atoms with E-state index in [1.165, 1.54) is 13.2 Å². The standard InChI is InChI=1S/C19H22N4O4/c1-5-22(6-2)18-14(11-20)17(16(12(3)21-18)19(24)27-4)13-9-7-8-10-15(13)23(25)26/h7-10,17,21H,5-6H2,1-4H3. The minimum Gasteiger partial charge on any atom is -0.466 e. The van der Waals surface area contributed by atoms with Gasteiger partial charge in [-0.05, 0) is 20.8 Å². The summed E-state index contributed by atoms with van der Waals surface area (Å²) in [6, 6.07) is 8.31. The quantitative estimate of drug-likeness (QED) is 0.466. The molecule has 0 saturated heterocycles. The van der Waals surface area contributed by atoms with Crippen molar-refractivity contribution in [2.45, 2.75) is 26.7 Å². The van der Waals surface area contributed by atoms with Crippen molar-refractivity contribution < 1.29 is 14.5 Å². The number of allylic oxidation sites excluding steroid dienone is 2. The van der Waals surface area contributed by atoms with Crippen LogP contribution in [0.15, 0.2) is 46.9 Å². The fourth-order valence-corrected chi connectivity index (χ4v) is 3.31. The topological polar surface area (TPSA) is 109 Å². The van der Waals surface area contributed by atoms with Gasteiger partial charge in [0.05, 0.1) is 35.2 Å². The molecule has 1 unspecified atom stereocenters. The molecule has 0 bridgehead atoms. The monoisotopic (exact) mass is 370 g/mol. The number of carbonyl (C=O) groups excluding carboxylic acids is 1. The van der Waals surface area contributed by atoms with Crippen molar-refractivity contribution in [3.63, 3.8) is 0 Å². The van der Waals surface area contributed by atoms with E-state index < -0.39 is 16.8 Å². The van der Waals surface area contributed by atoms with Crippen LogP contribution in [0.1, 0.15) is 32.3 Å². The highest BCUT2D eigenvalue weighted by Gasteiger charge is 2.39. The molecular weight excluding hydrogens is 348 g/mol. The molecule has 1 aromatic rings. The highest BCUT2D eigenvalue weighted by atomic mass is 16.6. The van der Waals surface area contributed by atoms with E-state index in [4.69, 9.17) is 4.74 Å². The van der Waals surface area contributed by atoms with Gasteiger partial charge in [0.15, 0.2) is 0 Å². The van der Waals surface area contributed by atoms with Gasteiger partial charge >= 0.3 is 5.97 Å². The summed E-state index contributed by atoms with van der Waals surface area (Å²) in [5, 5.41) is 24.6. The van der Waals surface area contributed by atoms with Crippen molar-refractivity contribution in [3.05, 3.63) is 62.6 Å². The van der Waals surface area contributed by atoms with Gasteiger partial charge in [-0.25, -0.2) is 4.79 Å². The van der Waals surface area contributed by atoms with Gasteiger partial charge in [0.1, 0.15) is 5.82 Å². The number of para-hydroxylation sites is 1. The van der Waals surface area contributed by atoms with Gasteiger partial charge in [0.2, 0.25) is 0 Å². The van der Waals surface area contributed by atoms with Crippen LogP contribution in [-0.4, -0.2) is 36.0 Å². The van der Waals surface area contributed by atoms with Crippen molar-refractivity contribution in [2.24, 2.45) is 0 Å². The van der Waals surface area contributed by atoms with Crippen LogP contribution in [0.3, 0.4) is 0 Å². The van der Waals surface area contributed by atoms with Gasteiger partial charge in [0, 0.05) is 30.4 Å². The minimum atomic E-state index is -0.888. The van der Waals surface area contributed by atoms with E-state index in [0.29, 0.717) is 24.6 Å². The molecule has 2 rings (SSSR count). The van der Waals surface area contributed by atoms with Crippen LogP contribution < -0.4 is 5.32 Å². The van der Waals surface area contributed by atoms with Crippen molar-refractivity contribution in [1.29, 1.82) is 5.26 Å². The fraction of sp³-hybridized carbons (Fsp3) is 0.368. The van der Waals surface area contributed by atoms with E-state index in [1.807, 2.05) is 18.7 Å². The lowest BCUT2D eigenvalue weighted by Crippen LogP contribution is -2.38. The lowest BCUT2D eigenvalue weighted by Gasteiger charge is -2.34. The molecule has 8 heteroatoms.